The highest BCUT2D eigenvalue weighted by Gasteiger charge is 2.20. The third-order valence-electron chi connectivity index (χ3n) is 2.76. The summed E-state index contributed by atoms with van der Waals surface area (Å²) < 4.78 is 13.1. The van der Waals surface area contributed by atoms with Crippen molar-refractivity contribution in [3.63, 3.8) is 0 Å². The van der Waals surface area contributed by atoms with Crippen molar-refractivity contribution in [1.29, 1.82) is 0 Å². The van der Waals surface area contributed by atoms with Crippen LogP contribution >= 0.6 is 11.6 Å². The van der Waals surface area contributed by atoms with Crippen molar-refractivity contribution in [2.75, 3.05) is 11.9 Å². The van der Waals surface area contributed by atoms with E-state index in [4.69, 9.17) is 11.6 Å². The van der Waals surface area contributed by atoms with Crippen molar-refractivity contribution in [2.45, 2.75) is 25.3 Å². The van der Waals surface area contributed by atoms with Crippen LogP contribution in [0.3, 0.4) is 0 Å². The van der Waals surface area contributed by atoms with Crippen LogP contribution in [0.4, 0.5) is 10.1 Å². The lowest BCUT2D eigenvalue weighted by Gasteiger charge is -2.22. The molecule has 0 radical (unpaired) electrons. The zero-order chi connectivity index (χ0) is 12.3. The number of piperidine rings is 1. The van der Waals surface area contributed by atoms with E-state index in [2.05, 4.69) is 10.6 Å². The van der Waals surface area contributed by atoms with Gasteiger partial charge in [-0.15, -0.1) is 0 Å². The van der Waals surface area contributed by atoms with E-state index in [9.17, 15) is 9.18 Å². The Morgan fingerprint density at radius 3 is 2.88 bits per heavy atom. The molecule has 2 rings (SSSR count). The number of carbonyl (C=O) groups is 1. The Morgan fingerprint density at radius 2 is 2.24 bits per heavy atom. The molecule has 5 heteroatoms. The first-order chi connectivity index (χ1) is 8.15. The molecule has 1 aromatic carbocycles. The third kappa shape index (κ3) is 3.41. The minimum absolute atomic E-state index is 0.133. The van der Waals surface area contributed by atoms with E-state index in [1.807, 2.05) is 0 Å². The maximum atomic E-state index is 13.1. The quantitative estimate of drug-likeness (QED) is 0.854. The van der Waals surface area contributed by atoms with Crippen molar-refractivity contribution in [1.82, 2.24) is 5.32 Å². The first-order valence-electron chi connectivity index (χ1n) is 5.65. The topological polar surface area (TPSA) is 41.1 Å². The molecule has 1 saturated heterocycles. The molecule has 2 N–H and O–H groups in total. The van der Waals surface area contributed by atoms with E-state index in [0.29, 0.717) is 5.69 Å². The van der Waals surface area contributed by atoms with Gasteiger partial charge in [-0.2, -0.15) is 0 Å². The zero-order valence-corrected chi connectivity index (χ0v) is 10.1. The number of anilines is 1. The molecule has 1 aliphatic heterocycles. The first kappa shape index (κ1) is 12.3. The summed E-state index contributed by atoms with van der Waals surface area (Å²) in [6.45, 7) is 0.849. The van der Waals surface area contributed by atoms with Crippen LogP contribution in [-0.4, -0.2) is 18.5 Å². The molecule has 1 aliphatic rings. The summed E-state index contributed by atoms with van der Waals surface area (Å²) in [4.78, 5) is 11.9. The Bertz CT molecular complexity index is 399. The molecule has 0 bridgehead atoms. The standard InChI is InChI=1S/C12H14ClFN2O/c13-8-5-9(14)7-10(6-8)16-12(17)11-3-1-2-4-15-11/h5-7,11,15H,1-4H2,(H,16,17). The van der Waals surface area contributed by atoms with E-state index < -0.39 is 5.82 Å². The number of hydrogen-bond donors (Lipinski definition) is 2. The predicted molar refractivity (Wildman–Crippen MR) is 65.7 cm³/mol. The summed E-state index contributed by atoms with van der Waals surface area (Å²) in [6.07, 6.45) is 2.94. The fourth-order valence-corrected chi connectivity index (χ4v) is 2.15. The molecule has 0 aliphatic carbocycles. The second-order valence-electron chi connectivity index (χ2n) is 4.15. The van der Waals surface area contributed by atoms with Crippen LogP contribution < -0.4 is 10.6 Å². The lowest BCUT2D eigenvalue weighted by Crippen LogP contribution is -2.43. The van der Waals surface area contributed by atoms with Crippen molar-refractivity contribution < 1.29 is 9.18 Å². The SMILES string of the molecule is O=C(Nc1cc(F)cc(Cl)c1)C1CCCCN1. The van der Waals surface area contributed by atoms with Gasteiger partial charge < -0.3 is 10.6 Å². The second-order valence-corrected chi connectivity index (χ2v) is 4.59. The molecular weight excluding hydrogens is 243 g/mol. The molecule has 92 valence electrons. The predicted octanol–water partition coefficient (Wildman–Crippen LogP) is 2.56. The zero-order valence-electron chi connectivity index (χ0n) is 9.30. The van der Waals surface area contributed by atoms with Gasteiger partial charge in [0.05, 0.1) is 6.04 Å². The number of hydrogen-bond acceptors (Lipinski definition) is 2. The van der Waals surface area contributed by atoms with Crippen molar-refractivity contribution in [2.24, 2.45) is 0 Å². The Balaban J connectivity index is 2.01. The fourth-order valence-electron chi connectivity index (χ4n) is 1.93. The number of carbonyl (C=O) groups excluding carboxylic acids is 1. The minimum Gasteiger partial charge on any atom is -0.325 e. The third-order valence-corrected chi connectivity index (χ3v) is 2.98. The molecule has 1 atom stereocenters. The van der Waals surface area contributed by atoms with Gasteiger partial charge in [0.2, 0.25) is 5.91 Å². The molecule has 0 saturated carbocycles. The first-order valence-corrected chi connectivity index (χ1v) is 6.03. The van der Waals surface area contributed by atoms with E-state index in [-0.39, 0.29) is 17.0 Å². The Labute approximate surface area is 104 Å². The van der Waals surface area contributed by atoms with Gasteiger partial charge >= 0.3 is 0 Å². The van der Waals surface area contributed by atoms with E-state index in [1.54, 1.807) is 0 Å². The van der Waals surface area contributed by atoms with Gasteiger partial charge in [-0.3, -0.25) is 4.79 Å². The Kier molecular flexibility index (Phi) is 3.97. The summed E-state index contributed by atoms with van der Waals surface area (Å²) in [5.41, 5.74) is 0.396. The second kappa shape index (κ2) is 5.47. The van der Waals surface area contributed by atoms with Gasteiger partial charge in [0.1, 0.15) is 5.82 Å². The highest BCUT2D eigenvalue weighted by atomic mass is 35.5. The number of benzene rings is 1. The van der Waals surface area contributed by atoms with Crippen LogP contribution in [-0.2, 0) is 4.79 Å². The van der Waals surface area contributed by atoms with E-state index in [1.165, 1.54) is 18.2 Å². The van der Waals surface area contributed by atoms with Gasteiger partial charge in [-0.05, 0) is 37.6 Å². The fraction of sp³-hybridized carbons (Fsp3) is 0.417. The molecule has 0 spiro atoms. The van der Waals surface area contributed by atoms with E-state index in [0.717, 1.165) is 25.8 Å². The van der Waals surface area contributed by atoms with Crippen molar-refractivity contribution in [3.05, 3.63) is 29.0 Å². The Morgan fingerprint density at radius 1 is 1.41 bits per heavy atom. The summed E-state index contributed by atoms with van der Waals surface area (Å²) in [7, 11) is 0. The minimum atomic E-state index is -0.454. The summed E-state index contributed by atoms with van der Waals surface area (Å²) in [5.74, 6) is -0.587. The van der Waals surface area contributed by atoms with Crippen LogP contribution in [0.2, 0.25) is 5.02 Å². The summed E-state index contributed by atoms with van der Waals surface area (Å²) >= 11 is 5.71. The van der Waals surface area contributed by atoms with Crippen LogP contribution in [0.1, 0.15) is 19.3 Å². The van der Waals surface area contributed by atoms with Crippen molar-refractivity contribution >= 4 is 23.2 Å². The molecule has 17 heavy (non-hydrogen) atoms. The van der Waals surface area contributed by atoms with Gasteiger partial charge in [-0.1, -0.05) is 18.0 Å². The Hall–Kier alpha value is -1.13. The molecule has 1 amide bonds. The van der Waals surface area contributed by atoms with Gasteiger partial charge in [-0.25, -0.2) is 4.39 Å². The lowest BCUT2D eigenvalue weighted by atomic mass is 10.0. The maximum Gasteiger partial charge on any atom is 0.241 e. The van der Waals surface area contributed by atoms with Crippen LogP contribution in [0.5, 0.6) is 0 Å². The highest BCUT2D eigenvalue weighted by molar-refractivity contribution is 6.30. The average molecular weight is 257 g/mol. The van der Waals surface area contributed by atoms with Gasteiger partial charge in [0.25, 0.3) is 0 Å². The molecule has 1 fully saturated rings. The van der Waals surface area contributed by atoms with E-state index >= 15 is 0 Å². The molecule has 1 unspecified atom stereocenters. The summed E-state index contributed by atoms with van der Waals surface area (Å²) in [6, 6.07) is 3.81. The number of halogens is 2. The van der Waals surface area contributed by atoms with Gasteiger partial charge in [0, 0.05) is 10.7 Å². The molecule has 1 heterocycles. The van der Waals surface area contributed by atoms with Crippen LogP contribution in [0, 0.1) is 5.82 Å². The largest absolute Gasteiger partial charge is 0.325 e. The van der Waals surface area contributed by atoms with Crippen molar-refractivity contribution in [3.8, 4) is 0 Å². The molecular formula is C12H14ClFN2O. The summed E-state index contributed by atoms with van der Waals surface area (Å²) in [5, 5.41) is 6.07. The number of rotatable bonds is 2. The lowest BCUT2D eigenvalue weighted by molar-refractivity contribution is -0.118. The van der Waals surface area contributed by atoms with Crippen LogP contribution in [0.15, 0.2) is 18.2 Å². The monoisotopic (exact) mass is 256 g/mol. The number of amides is 1. The molecule has 1 aromatic rings. The van der Waals surface area contributed by atoms with Gasteiger partial charge in [0.15, 0.2) is 0 Å². The molecule has 0 aromatic heterocycles. The number of nitrogens with one attached hydrogen (secondary N) is 2. The normalized spacial score (nSPS) is 20.0. The van der Waals surface area contributed by atoms with Crippen LogP contribution in [0.25, 0.3) is 0 Å². The highest BCUT2D eigenvalue weighted by Crippen LogP contribution is 2.19. The smallest absolute Gasteiger partial charge is 0.241 e. The molecule has 3 nitrogen and oxygen atoms in total. The maximum absolute atomic E-state index is 13.1. The average Bonchev–Trinajstić information content (AvgIpc) is 2.28.